The van der Waals surface area contributed by atoms with Gasteiger partial charge in [0.2, 0.25) is 5.91 Å². The van der Waals surface area contributed by atoms with Crippen LogP contribution in [0, 0.1) is 0 Å². The predicted molar refractivity (Wildman–Crippen MR) is 128 cm³/mol. The maximum absolute atomic E-state index is 14.2. The number of nitrogens with one attached hydrogen (secondary N) is 1. The zero-order chi connectivity index (χ0) is 25.3. The van der Waals surface area contributed by atoms with Gasteiger partial charge >= 0.3 is 6.18 Å². The van der Waals surface area contributed by atoms with E-state index in [1.165, 1.54) is 12.1 Å². The van der Waals surface area contributed by atoms with Gasteiger partial charge in [0.25, 0.3) is 5.60 Å². The zero-order valence-electron chi connectivity index (χ0n) is 17.0. The molecular weight excluding hydrogens is 559 g/mol. The Hall–Kier alpha value is -1.65. The first-order valence-corrected chi connectivity index (χ1v) is 11.5. The molecule has 13 heteroatoms. The van der Waals surface area contributed by atoms with Crippen molar-refractivity contribution in [3.63, 3.8) is 0 Å². The highest BCUT2D eigenvalue weighted by Gasteiger charge is 2.62. The van der Waals surface area contributed by atoms with E-state index in [1.54, 1.807) is 6.07 Å². The number of alkyl halides is 3. The van der Waals surface area contributed by atoms with E-state index in [-0.39, 0.29) is 56.7 Å². The van der Waals surface area contributed by atoms with Crippen molar-refractivity contribution < 1.29 is 27.6 Å². The van der Waals surface area contributed by atoms with Crippen molar-refractivity contribution in [1.82, 2.24) is 5.32 Å². The fraction of sp³-hybridized carbons (Fsp3) is 0.286. The Morgan fingerprint density at radius 1 is 1.06 bits per heavy atom. The van der Waals surface area contributed by atoms with Crippen LogP contribution in [0.25, 0.3) is 0 Å². The number of carbonyl (C=O) groups is 2. The van der Waals surface area contributed by atoms with Crippen molar-refractivity contribution in [2.75, 3.05) is 0 Å². The Labute approximate surface area is 217 Å². The second-order valence-electron chi connectivity index (χ2n) is 7.36. The average molecular weight is 574 g/mol. The van der Waals surface area contributed by atoms with Crippen molar-refractivity contribution in [2.45, 2.75) is 37.6 Å². The van der Waals surface area contributed by atoms with Gasteiger partial charge in [-0.25, -0.2) is 0 Å². The van der Waals surface area contributed by atoms with Gasteiger partial charge in [0.1, 0.15) is 0 Å². The normalized spacial score (nSPS) is 17.8. The summed E-state index contributed by atoms with van der Waals surface area (Å²) >= 11 is 27.6. The smallest absolute Gasteiger partial charge is 0.374 e. The summed E-state index contributed by atoms with van der Waals surface area (Å²) in [6.45, 7) is 0.0654. The van der Waals surface area contributed by atoms with Crippen LogP contribution in [0.2, 0.25) is 20.1 Å². The largest absolute Gasteiger partial charge is 0.435 e. The Kier molecular flexibility index (Phi) is 8.35. The third kappa shape index (κ3) is 5.76. The van der Waals surface area contributed by atoms with Crippen LogP contribution in [-0.2, 0) is 26.6 Å². The minimum atomic E-state index is -4.86. The average Bonchev–Trinajstić information content (AvgIpc) is 3.22. The highest BCUT2D eigenvalue weighted by Crippen LogP contribution is 2.50. The molecule has 0 saturated carbocycles. The number of amides is 1. The van der Waals surface area contributed by atoms with E-state index in [0.29, 0.717) is 11.1 Å². The number of hydrogen-bond acceptors (Lipinski definition) is 4. The molecule has 182 valence electrons. The van der Waals surface area contributed by atoms with E-state index in [1.807, 2.05) is 0 Å². The standard InChI is InChI=1S/C21H15Cl4F3N2O3S/c22-13-5-10(1-2-11(13)9-29-17(31)3-4-18(32)34)16-8-20(33-30-16,21(26,27)28)12-6-14(23)19(25)15(24)7-12/h1-2,5-7H,3-4,8-9H2,(H,29,31)(H,32,34). The van der Waals surface area contributed by atoms with Crippen LogP contribution in [-0.4, -0.2) is 22.9 Å². The molecule has 1 aliphatic heterocycles. The molecule has 2 aromatic rings. The molecule has 3 rings (SSSR count). The van der Waals surface area contributed by atoms with Crippen molar-refractivity contribution in [3.8, 4) is 0 Å². The second kappa shape index (κ2) is 10.5. The summed E-state index contributed by atoms with van der Waals surface area (Å²) in [4.78, 5) is 27.6. The SMILES string of the molecule is O=C(S)CCC(=O)NCc1ccc(C2=NOC(c3cc(Cl)c(Cl)c(Cl)c3)(C(F)(F)F)C2)cc1Cl. The van der Waals surface area contributed by atoms with Crippen molar-refractivity contribution >= 4 is 75.8 Å². The highest BCUT2D eigenvalue weighted by atomic mass is 35.5. The molecule has 0 spiro atoms. The van der Waals surface area contributed by atoms with Gasteiger partial charge in [-0.2, -0.15) is 13.2 Å². The molecule has 0 fully saturated rings. The fourth-order valence-corrected chi connectivity index (χ4v) is 4.18. The van der Waals surface area contributed by atoms with Crippen LogP contribution in [0.3, 0.4) is 0 Å². The maximum atomic E-state index is 14.2. The molecule has 1 heterocycles. The number of oxime groups is 1. The van der Waals surface area contributed by atoms with Crippen molar-refractivity contribution in [1.29, 1.82) is 0 Å². The quantitative estimate of drug-likeness (QED) is 0.285. The minimum Gasteiger partial charge on any atom is -0.374 e. The van der Waals surface area contributed by atoms with Gasteiger partial charge in [-0.3, -0.25) is 9.59 Å². The lowest BCUT2D eigenvalue weighted by molar-refractivity contribution is -0.275. The van der Waals surface area contributed by atoms with E-state index < -0.39 is 23.3 Å². The predicted octanol–water partition coefficient (Wildman–Crippen LogP) is 6.74. The van der Waals surface area contributed by atoms with Crippen LogP contribution in [0.1, 0.15) is 36.0 Å². The molecule has 5 nitrogen and oxygen atoms in total. The third-order valence-corrected chi connectivity index (χ3v) is 6.84. The highest BCUT2D eigenvalue weighted by molar-refractivity contribution is 7.96. The van der Waals surface area contributed by atoms with Crippen LogP contribution in [0.15, 0.2) is 35.5 Å². The van der Waals surface area contributed by atoms with Gasteiger partial charge in [-0.05, 0) is 23.8 Å². The summed E-state index contributed by atoms with van der Waals surface area (Å²) in [6.07, 6.45) is -5.55. The van der Waals surface area contributed by atoms with E-state index in [9.17, 15) is 22.8 Å². The third-order valence-electron chi connectivity index (χ3n) is 5.06. The molecule has 1 atom stereocenters. The summed E-state index contributed by atoms with van der Waals surface area (Å²) in [7, 11) is 0. The number of benzene rings is 2. The number of nitrogens with zero attached hydrogens (tertiary/aromatic N) is 1. The lowest BCUT2D eigenvalue weighted by atomic mass is 9.86. The summed E-state index contributed by atoms with van der Waals surface area (Å²) in [5, 5.41) is 5.70. The van der Waals surface area contributed by atoms with E-state index in [0.717, 1.165) is 12.1 Å². The lowest BCUT2D eigenvalue weighted by Crippen LogP contribution is -2.42. The van der Waals surface area contributed by atoms with Gasteiger partial charge < -0.3 is 10.2 Å². The Bertz CT molecular complexity index is 1150. The number of halogens is 7. The number of thiol groups is 1. The van der Waals surface area contributed by atoms with Crippen molar-refractivity contribution in [3.05, 3.63) is 67.1 Å². The van der Waals surface area contributed by atoms with Crippen LogP contribution < -0.4 is 5.32 Å². The fourth-order valence-electron chi connectivity index (χ4n) is 3.22. The van der Waals surface area contributed by atoms with E-state index >= 15 is 0 Å². The van der Waals surface area contributed by atoms with Gasteiger partial charge in [0.15, 0.2) is 5.12 Å². The molecule has 0 radical (unpaired) electrons. The first kappa shape index (κ1) is 26.9. The van der Waals surface area contributed by atoms with E-state index in [4.69, 9.17) is 51.2 Å². The molecule has 1 amide bonds. The van der Waals surface area contributed by atoms with Crippen LogP contribution in [0.4, 0.5) is 13.2 Å². The molecule has 1 aliphatic rings. The first-order valence-electron chi connectivity index (χ1n) is 9.58. The summed E-state index contributed by atoms with van der Waals surface area (Å²) in [5.74, 6) is -0.369. The Balaban J connectivity index is 1.81. The zero-order valence-corrected chi connectivity index (χ0v) is 20.9. The Morgan fingerprint density at radius 3 is 2.26 bits per heavy atom. The monoisotopic (exact) mass is 572 g/mol. The molecule has 0 saturated heterocycles. The van der Waals surface area contributed by atoms with Crippen molar-refractivity contribution in [2.24, 2.45) is 5.16 Å². The Morgan fingerprint density at radius 2 is 1.71 bits per heavy atom. The van der Waals surface area contributed by atoms with Crippen LogP contribution >= 0.6 is 59.0 Å². The second-order valence-corrected chi connectivity index (χ2v) is 9.46. The van der Waals surface area contributed by atoms with Gasteiger partial charge in [0.05, 0.1) is 20.8 Å². The minimum absolute atomic E-state index is 0.00398. The summed E-state index contributed by atoms with van der Waals surface area (Å²) in [5.41, 5.74) is -2.33. The topological polar surface area (TPSA) is 67.8 Å². The lowest BCUT2D eigenvalue weighted by Gasteiger charge is -2.30. The van der Waals surface area contributed by atoms with Gasteiger partial charge in [0, 0.05) is 42.0 Å². The molecule has 0 aromatic heterocycles. The molecule has 2 aromatic carbocycles. The number of rotatable bonds is 7. The summed E-state index contributed by atoms with van der Waals surface area (Å²) in [6, 6.07) is 6.58. The number of carbonyl (C=O) groups excluding carboxylic acids is 2. The maximum Gasteiger partial charge on any atom is 0.435 e. The molecule has 0 aliphatic carbocycles. The molecule has 1 N–H and O–H groups in total. The summed E-state index contributed by atoms with van der Waals surface area (Å²) < 4.78 is 42.5. The molecular formula is C21H15Cl4F3N2O3S. The van der Waals surface area contributed by atoms with Gasteiger partial charge in [-0.1, -0.05) is 63.7 Å². The molecule has 1 unspecified atom stereocenters. The van der Waals surface area contributed by atoms with Crippen LogP contribution in [0.5, 0.6) is 0 Å². The number of hydrogen-bond donors (Lipinski definition) is 2. The van der Waals surface area contributed by atoms with E-state index in [2.05, 4.69) is 23.1 Å². The molecule has 34 heavy (non-hydrogen) atoms. The first-order chi connectivity index (χ1) is 15.8. The molecule has 0 bridgehead atoms. The van der Waals surface area contributed by atoms with Gasteiger partial charge in [-0.15, -0.1) is 12.6 Å².